The van der Waals surface area contributed by atoms with Gasteiger partial charge in [0.05, 0.1) is 24.9 Å². The van der Waals surface area contributed by atoms with Crippen molar-refractivity contribution >= 4 is 11.7 Å². The van der Waals surface area contributed by atoms with Crippen LogP contribution < -0.4 is 10.2 Å². The van der Waals surface area contributed by atoms with Gasteiger partial charge in [-0.2, -0.15) is 0 Å². The highest BCUT2D eigenvalue weighted by Crippen LogP contribution is 2.26. The average molecular weight is 339 g/mol. The Hall–Kier alpha value is -1.89. The molecule has 132 valence electrons. The quantitative estimate of drug-likeness (QED) is 0.879. The van der Waals surface area contributed by atoms with Gasteiger partial charge >= 0.3 is 6.03 Å². The van der Waals surface area contributed by atoms with Crippen LogP contribution in [0.4, 0.5) is 19.3 Å². The second kappa shape index (κ2) is 7.34. The summed E-state index contributed by atoms with van der Waals surface area (Å²) in [6, 6.07) is 5.90. The lowest BCUT2D eigenvalue weighted by Gasteiger charge is -2.24. The smallest absolute Gasteiger partial charge is 0.317 e. The van der Waals surface area contributed by atoms with Crippen molar-refractivity contribution in [2.24, 2.45) is 5.92 Å². The Kier molecular flexibility index (Phi) is 5.18. The Balaban J connectivity index is 1.50. The summed E-state index contributed by atoms with van der Waals surface area (Å²) in [6.45, 7) is 1.70. The van der Waals surface area contributed by atoms with Crippen molar-refractivity contribution in [3.05, 3.63) is 30.1 Å². The zero-order valence-corrected chi connectivity index (χ0v) is 13.5. The topological polar surface area (TPSA) is 55.8 Å². The predicted octanol–water partition coefficient (Wildman–Crippen LogP) is 1.77. The van der Waals surface area contributed by atoms with Crippen LogP contribution in [0.1, 0.15) is 12.8 Å². The van der Waals surface area contributed by atoms with Crippen LogP contribution in [0.3, 0.4) is 0 Å². The summed E-state index contributed by atoms with van der Waals surface area (Å²) in [5.74, 6) is -0.0102. The molecule has 0 radical (unpaired) electrons. The normalized spacial score (nSPS) is 26.9. The Labute approximate surface area is 140 Å². The number of aliphatic hydroxyl groups excluding tert-OH is 1. The number of alkyl halides is 1. The molecule has 0 aromatic heterocycles. The minimum absolute atomic E-state index is 0.0308. The summed E-state index contributed by atoms with van der Waals surface area (Å²) in [6.07, 6.45) is -0.0195. The fourth-order valence-corrected chi connectivity index (χ4v) is 3.54. The number of aliphatic hydroxyl groups is 1. The molecule has 1 aromatic carbocycles. The van der Waals surface area contributed by atoms with Gasteiger partial charge in [0.25, 0.3) is 0 Å². The number of benzene rings is 1. The number of halogens is 2. The monoisotopic (exact) mass is 339 g/mol. The molecule has 2 aliphatic heterocycles. The van der Waals surface area contributed by atoms with Crippen LogP contribution in [0.2, 0.25) is 0 Å². The van der Waals surface area contributed by atoms with E-state index in [9.17, 15) is 18.7 Å². The van der Waals surface area contributed by atoms with Crippen LogP contribution in [-0.4, -0.2) is 61.0 Å². The van der Waals surface area contributed by atoms with E-state index in [1.807, 2.05) is 11.0 Å². The van der Waals surface area contributed by atoms with Crippen molar-refractivity contribution in [3.63, 3.8) is 0 Å². The highest BCUT2D eigenvalue weighted by Gasteiger charge is 2.35. The van der Waals surface area contributed by atoms with Crippen molar-refractivity contribution in [2.75, 3.05) is 37.7 Å². The first-order valence-corrected chi connectivity index (χ1v) is 8.37. The minimum Gasteiger partial charge on any atom is -0.394 e. The number of hydrogen-bond acceptors (Lipinski definition) is 3. The van der Waals surface area contributed by atoms with Crippen LogP contribution in [0.15, 0.2) is 24.3 Å². The molecule has 2 N–H and O–H groups in total. The van der Waals surface area contributed by atoms with E-state index in [1.54, 1.807) is 12.1 Å². The zero-order chi connectivity index (χ0) is 17.1. The molecule has 2 fully saturated rings. The molecule has 0 bridgehead atoms. The second-order valence-corrected chi connectivity index (χ2v) is 6.56. The van der Waals surface area contributed by atoms with Crippen LogP contribution >= 0.6 is 0 Å². The summed E-state index contributed by atoms with van der Waals surface area (Å²) < 4.78 is 27.2. The number of nitrogens with zero attached hydrogens (tertiary/aromatic N) is 2. The van der Waals surface area contributed by atoms with E-state index >= 15 is 0 Å². The summed E-state index contributed by atoms with van der Waals surface area (Å²) >= 11 is 0. The van der Waals surface area contributed by atoms with E-state index in [0.717, 1.165) is 13.0 Å². The fraction of sp³-hybridized carbons (Fsp3) is 0.588. The van der Waals surface area contributed by atoms with Crippen molar-refractivity contribution in [3.8, 4) is 0 Å². The van der Waals surface area contributed by atoms with Crippen molar-refractivity contribution in [2.45, 2.75) is 25.1 Å². The maximum absolute atomic E-state index is 13.8. The molecule has 2 amide bonds. The fourth-order valence-electron chi connectivity index (χ4n) is 3.54. The largest absolute Gasteiger partial charge is 0.394 e. The third-order valence-electron chi connectivity index (χ3n) is 4.86. The molecule has 3 unspecified atom stereocenters. The Morgan fingerprint density at radius 1 is 1.33 bits per heavy atom. The summed E-state index contributed by atoms with van der Waals surface area (Å²) in [4.78, 5) is 15.5. The molecule has 7 heteroatoms. The molecule has 3 atom stereocenters. The molecule has 0 spiro atoms. The van der Waals surface area contributed by atoms with Gasteiger partial charge in [0.15, 0.2) is 0 Å². The van der Waals surface area contributed by atoms with E-state index in [0.29, 0.717) is 18.8 Å². The van der Waals surface area contributed by atoms with Crippen molar-refractivity contribution in [1.29, 1.82) is 0 Å². The van der Waals surface area contributed by atoms with Crippen LogP contribution in [0.25, 0.3) is 0 Å². The number of para-hydroxylation sites is 1. The number of anilines is 1. The second-order valence-electron chi connectivity index (χ2n) is 6.56. The molecule has 24 heavy (non-hydrogen) atoms. The lowest BCUT2D eigenvalue weighted by atomic mass is 10.1. The standard InChI is InChI=1S/C17H23F2N3O2/c18-13-7-14(11-23)22(10-13)17(24)20-8-12-5-6-21(9-12)16-4-2-1-3-15(16)19/h1-4,12-14,23H,5-11H2,(H,20,24). The van der Waals surface area contributed by atoms with E-state index in [1.165, 1.54) is 11.0 Å². The van der Waals surface area contributed by atoms with E-state index < -0.39 is 12.2 Å². The van der Waals surface area contributed by atoms with E-state index in [2.05, 4.69) is 5.32 Å². The summed E-state index contributed by atoms with van der Waals surface area (Å²) in [5.41, 5.74) is 0.589. The van der Waals surface area contributed by atoms with Gasteiger partial charge in [0, 0.05) is 26.1 Å². The molecule has 1 aromatic rings. The van der Waals surface area contributed by atoms with Gasteiger partial charge in [-0.3, -0.25) is 0 Å². The summed E-state index contributed by atoms with van der Waals surface area (Å²) in [5, 5.41) is 12.1. The first-order valence-electron chi connectivity index (χ1n) is 8.37. The highest BCUT2D eigenvalue weighted by molar-refractivity contribution is 5.75. The molecule has 3 rings (SSSR count). The molecule has 0 aliphatic carbocycles. The van der Waals surface area contributed by atoms with Crippen molar-refractivity contribution < 1.29 is 18.7 Å². The number of amides is 2. The lowest BCUT2D eigenvalue weighted by molar-refractivity contribution is 0.156. The number of rotatable bonds is 4. The number of likely N-dealkylation sites (tertiary alicyclic amines) is 1. The first kappa shape index (κ1) is 17.0. The van der Waals surface area contributed by atoms with Crippen molar-refractivity contribution in [1.82, 2.24) is 10.2 Å². The van der Waals surface area contributed by atoms with E-state index in [4.69, 9.17) is 0 Å². The maximum Gasteiger partial charge on any atom is 0.317 e. The maximum atomic E-state index is 13.8. The Morgan fingerprint density at radius 3 is 2.88 bits per heavy atom. The van der Waals surface area contributed by atoms with E-state index in [-0.39, 0.29) is 37.3 Å². The molecular weight excluding hydrogens is 316 g/mol. The van der Waals surface area contributed by atoms with Gasteiger partial charge in [-0.15, -0.1) is 0 Å². The number of nitrogens with one attached hydrogen (secondary N) is 1. The Bertz CT molecular complexity index is 587. The first-order chi connectivity index (χ1) is 11.6. The zero-order valence-electron chi connectivity index (χ0n) is 13.5. The molecular formula is C17H23F2N3O2. The SMILES string of the molecule is O=C(NCC1CCN(c2ccccc2F)C1)N1CC(F)CC1CO. The molecule has 2 heterocycles. The number of urea groups is 1. The average Bonchev–Trinajstić information content (AvgIpc) is 3.19. The van der Waals surface area contributed by atoms with Gasteiger partial charge in [0.2, 0.25) is 0 Å². The Morgan fingerprint density at radius 2 is 2.12 bits per heavy atom. The molecule has 0 saturated carbocycles. The molecule has 2 saturated heterocycles. The van der Waals surface area contributed by atoms with Gasteiger partial charge in [0.1, 0.15) is 12.0 Å². The van der Waals surface area contributed by atoms with Crippen LogP contribution in [-0.2, 0) is 0 Å². The molecule has 5 nitrogen and oxygen atoms in total. The third kappa shape index (κ3) is 3.61. The third-order valence-corrected chi connectivity index (χ3v) is 4.86. The van der Waals surface area contributed by atoms with Crippen LogP contribution in [0, 0.1) is 11.7 Å². The summed E-state index contributed by atoms with van der Waals surface area (Å²) in [7, 11) is 0. The molecule has 2 aliphatic rings. The van der Waals surface area contributed by atoms with Gasteiger partial charge in [-0.05, 0) is 24.5 Å². The highest BCUT2D eigenvalue weighted by atomic mass is 19.1. The number of carbonyl (C=O) groups excluding carboxylic acids is 1. The number of carbonyl (C=O) groups is 1. The van der Waals surface area contributed by atoms with Gasteiger partial charge in [-0.1, -0.05) is 12.1 Å². The van der Waals surface area contributed by atoms with Crippen LogP contribution in [0.5, 0.6) is 0 Å². The predicted molar refractivity (Wildman–Crippen MR) is 87.2 cm³/mol. The van der Waals surface area contributed by atoms with Gasteiger partial charge in [-0.25, -0.2) is 13.6 Å². The minimum atomic E-state index is -1.07. The lowest BCUT2D eigenvalue weighted by Crippen LogP contribution is -2.45. The van der Waals surface area contributed by atoms with Gasteiger partial charge < -0.3 is 20.2 Å². The number of hydrogen-bond donors (Lipinski definition) is 2.